The van der Waals surface area contributed by atoms with Gasteiger partial charge in [-0.05, 0) is 12.3 Å². The van der Waals surface area contributed by atoms with Crippen molar-refractivity contribution in [3.05, 3.63) is 0 Å². The van der Waals surface area contributed by atoms with E-state index in [4.69, 9.17) is 16.7 Å². The SMILES string of the molecule is O=C(CCl)NC(CO)CC1CCCCC1. The third-order valence-electron chi connectivity index (χ3n) is 3.05. The molecule has 0 saturated heterocycles. The zero-order chi connectivity index (χ0) is 11.1. The molecule has 0 bridgehead atoms. The minimum Gasteiger partial charge on any atom is -0.394 e. The van der Waals surface area contributed by atoms with Gasteiger partial charge in [-0.3, -0.25) is 4.79 Å². The predicted molar refractivity (Wildman–Crippen MR) is 60.9 cm³/mol. The number of amides is 1. The van der Waals surface area contributed by atoms with Gasteiger partial charge in [-0.1, -0.05) is 32.1 Å². The standard InChI is InChI=1S/C11H20ClNO2/c12-7-11(15)13-10(8-14)6-9-4-2-1-3-5-9/h9-10,14H,1-8H2,(H,13,15). The van der Waals surface area contributed by atoms with E-state index in [1.165, 1.54) is 32.1 Å². The first-order valence-corrected chi connectivity index (χ1v) is 6.26. The summed E-state index contributed by atoms with van der Waals surface area (Å²) in [5.41, 5.74) is 0. The third-order valence-corrected chi connectivity index (χ3v) is 3.29. The van der Waals surface area contributed by atoms with Crippen LogP contribution in [0.2, 0.25) is 0 Å². The van der Waals surface area contributed by atoms with Crippen molar-refractivity contribution in [2.24, 2.45) is 5.92 Å². The zero-order valence-electron chi connectivity index (χ0n) is 9.04. The molecule has 0 heterocycles. The highest BCUT2D eigenvalue weighted by Crippen LogP contribution is 2.27. The van der Waals surface area contributed by atoms with E-state index in [0.29, 0.717) is 5.92 Å². The number of aliphatic hydroxyl groups excluding tert-OH is 1. The second-order valence-electron chi connectivity index (χ2n) is 4.32. The van der Waals surface area contributed by atoms with Crippen LogP contribution >= 0.6 is 11.6 Å². The van der Waals surface area contributed by atoms with Crippen molar-refractivity contribution in [3.8, 4) is 0 Å². The van der Waals surface area contributed by atoms with Crippen LogP contribution in [0.4, 0.5) is 0 Å². The molecule has 15 heavy (non-hydrogen) atoms. The molecule has 0 radical (unpaired) electrons. The van der Waals surface area contributed by atoms with Gasteiger partial charge in [0.25, 0.3) is 0 Å². The first-order chi connectivity index (χ1) is 7.26. The lowest BCUT2D eigenvalue weighted by atomic mass is 9.85. The average molecular weight is 234 g/mol. The summed E-state index contributed by atoms with van der Waals surface area (Å²) in [4.78, 5) is 11.1. The number of nitrogens with one attached hydrogen (secondary N) is 1. The summed E-state index contributed by atoms with van der Waals surface area (Å²) in [5.74, 6) is 0.444. The van der Waals surface area contributed by atoms with Gasteiger partial charge in [0, 0.05) is 0 Å². The molecule has 0 aromatic carbocycles. The van der Waals surface area contributed by atoms with E-state index in [-0.39, 0.29) is 24.4 Å². The molecule has 1 amide bonds. The molecule has 1 rings (SSSR count). The average Bonchev–Trinajstić information content (AvgIpc) is 2.29. The Balaban J connectivity index is 2.28. The number of alkyl halides is 1. The molecule has 0 aliphatic heterocycles. The molecule has 4 heteroatoms. The number of rotatable bonds is 5. The molecular weight excluding hydrogens is 214 g/mol. The van der Waals surface area contributed by atoms with E-state index in [0.717, 1.165) is 6.42 Å². The van der Waals surface area contributed by atoms with E-state index >= 15 is 0 Å². The normalized spacial score (nSPS) is 19.9. The largest absolute Gasteiger partial charge is 0.394 e. The highest BCUT2D eigenvalue weighted by Gasteiger charge is 2.19. The van der Waals surface area contributed by atoms with E-state index in [1.807, 2.05) is 0 Å². The van der Waals surface area contributed by atoms with Gasteiger partial charge < -0.3 is 10.4 Å². The van der Waals surface area contributed by atoms with Crippen molar-refractivity contribution in [2.75, 3.05) is 12.5 Å². The number of hydrogen-bond donors (Lipinski definition) is 2. The van der Waals surface area contributed by atoms with Crippen molar-refractivity contribution in [1.82, 2.24) is 5.32 Å². The second kappa shape index (κ2) is 7.07. The lowest BCUT2D eigenvalue weighted by Gasteiger charge is -2.25. The second-order valence-corrected chi connectivity index (χ2v) is 4.59. The third kappa shape index (κ3) is 4.85. The Morgan fingerprint density at radius 3 is 2.60 bits per heavy atom. The van der Waals surface area contributed by atoms with Crippen LogP contribution < -0.4 is 5.32 Å². The first-order valence-electron chi connectivity index (χ1n) is 5.72. The molecule has 1 aliphatic rings. The maximum Gasteiger partial charge on any atom is 0.235 e. The summed E-state index contributed by atoms with van der Waals surface area (Å²) in [6.07, 6.45) is 7.24. The monoisotopic (exact) mass is 233 g/mol. The Labute approximate surface area is 96.2 Å². The molecular formula is C11H20ClNO2. The Hall–Kier alpha value is -0.280. The number of carbonyl (C=O) groups is 1. The van der Waals surface area contributed by atoms with Crippen molar-refractivity contribution < 1.29 is 9.90 Å². The Morgan fingerprint density at radius 1 is 1.40 bits per heavy atom. The number of carbonyl (C=O) groups excluding carboxylic acids is 1. The van der Waals surface area contributed by atoms with Gasteiger partial charge in [-0.2, -0.15) is 0 Å². The maximum atomic E-state index is 11.1. The Morgan fingerprint density at radius 2 is 2.07 bits per heavy atom. The van der Waals surface area contributed by atoms with Crippen molar-refractivity contribution in [3.63, 3.8) is 0 Å². The lowest BCUT2D eigenvalue weighted by molar-refractivity contribution is -0.119. The molecule has 88 valence electrons. The summed E-state index contributed by atoms with van der Waals surface area (Å²) < 4.78 is 0. The summed E-state index contributed by atoms with van der Waals surface area (Å²) in [6, 6.07) is -0.112. The van der Waals surface area contributed by atoms with Crippen molar-refractivity contribution in [1.29, 1.82) is 0 Å². The van der Waals surface area contributed by atoms with Crippen LogP contribution in [-0.2, 0) is 4.79 Å². The van der Waals surface area contributed by atoms with E-state index < -0.39 is 0 Å². The van der Waals surface area contributed by atoms with Crippen molar-refractivity contribution >= 4 is 17.5 Å². The summed E-state index contributed by atoms with van der Waals surface area (Å²) in [5, 5.41) is 11.9. The number of aliphatic hydroxyl groups is 1. The van der Waals surface area contributed by atoms with Crippen LogP contribution in [0.3, 0.4) is 0 Å². The molecule has 1 saturated carbocycles. The fraction of sp³-hybridized carbons (Fsp3) is 0.909. The van der Waals surface area contributed by atoms with Crippen molar-refractivity contribution in [2.45, 2.75) is 44.6 Å². The van der Waals surface area contributed by atoms with Gasteiger partial charge in [-0.15, -0.1) is 11.6 Å². The number of halogens is 1. The van der Waals surface area contributed by atoms with Gasteiger partial charge >= 0.3 is 0 Å². The fourth-order valence-electron chi connectivity index (χ4n) is 2.27. The van der Waals surface area contributed by atoms with Gasteiger partial charge in [0.2, 0.25) is 5.91 Å². The summed E-state index contributed by atoms with van der Waals surface area (Å²) in [7, 11) is 0. The van der Waals surface area contributed by atoms with Crippen LogP contribution in [0.5, 0.6) is 0 Å². The summed E-state index contributed by atoms with van der Waals surface area (Å²) in [6.45, 7) is 0.0130. The van der Waals surface area contributed by atoms with Gasteiger partial charge in [-0.25, -0.2) is 0 Å². The molecule has 1 fully saturated rings. The molecule has 1 atom stereocenters. The smallest absolute Gasteiger partial charge is 0.235 e. The molecule has 0 aromatic rings. The van der Waals surface area contributed by atoms with Gasteiger partial charge in [0.15, 0.2) is 0 Å². The molecule has 0 aromatic heterocycles. The topological polar surface area (TPSA) is 49.3 Å². The quantitative estimate of drug-likeness (QED) is 0.710. The highest BCUT2D eigenvalue weighted by molar-refractivity contribution is 6.27. The van der Waals surface area contributed by atoms with Crippen LogP contribution in [0.25, 0.3) is 0 Å². The minimum atomic E-state index is -0.188. The van der Waals surface area contributed by atoms with Gasteiger partial charge in [0.1, 0.15) is 5.88 Å². The highest BCUT2D eigenvalue weighted by atomic mass is 35.5. The summed E-state index contributed by atoms with van der Waals surface area (Å²) >= 11 is 5.40. The zero-order valence-corrected chi connectivity index (χ0v) is 9.80. The first kappa shape index (κ1) is 12.8. The van der Waals surface area contributed by atoms with E-state index in [1.54, 1.807) is 0 Å². The molecule has 1 unspecified atom stereocenters. The predicted octanol–water partition coefficient (Wildman–Crippen LogP) is 1.67. The number of hydrogen-bond acceptors (Lipinski definition) is 2. The fourth-order valence-corrected chi connectivity index (χ4v) is 2.35. The van der Waals surface area contributed by atoms with Crippen LogP contribution in [0.15, 0.2) is 0 Å². The maximum absolute atomic E-state index is 11.1. The lowest BCUT2D eigenvalue weighted by Crippen LogP contribution is -2.39. The molecule has 1 aliphatic carbocycles. The molecule has 2 N–H and O–H groups in total. The molecule has 3 nitrogen and oxygen atoms in total. The van der Waals surface area contributed by atoms with Crippen LogP contribution in [0.1, 0.15) is 38.5 Å². The van der Waals surface area contributed by atoms with Crippen LogP contribution in [0, 0.1) is 5.92 Å². The van der Waals surface area contributed by atoms with Crippen LogP contribution in [-0.4, -0.2) is 29.5 Å². The van der Waals surface area contributed by atoms with E-state index in [2.05, 4.69) is 5.32 Å². The Kier molecular flexibility index (Phi) is 6.03. The Bertz CT molecular complexity index is 193. The molecule has 0 spiro atoms. The van der Waals surface area contributed by atoms with Gasteiger partial charge in [0.05, 0.1) is 12.6 Å². The minimum absolute atomic E-state index is 0.0130. The van der Waals surface area contributed by atoms with E-state index in [9.17, 15) is 4.79 Å².